The maximum atomic E-state index is 12.2. The summed E-state index contributed by atoms with van der Waals surface area (Å²) in [5.41, 5.74) is 0.885. The highest BCUT2D eigenvalue weighted by atomic mass is 16.5. The molecule has 1 aromatic rings. The fraction of sp³-hybridized carbons (Fsp3) is 0.500. The van der Waals surface area contributed by atoms with E-state index in [1.54, 1.807) is 0 Å². The van der Waals surface area contributed by atoms with Crippen LogP contribution in [0.3, 0.4) is 0 Å². The van der Waals surface area contributed by atoms with Crippen molar-refractivity contribution in [3.05, 3.63) is 35.4 Å². The zero-order chi connectivity index (χ0) is 15.3. The third-order valence-electron chi connectivity index (χ3n) is 3.90. The van der Waals surface area contributed by atoms with Crippen molar-refractivity contribution in [2.24, 2.45) is 0 Å². The predicted molar refractivity (Wildman–Crippen MR) is 78.1 cm³/mol. The third-order valence-corrected chi connectivity index (χ3v) is 3.90. The Morgan fingerprint density at radius 3 is 2.57 bits per heavy atom. The Morgan fingerprint density at radius 2 is 1.95 bits per heavy atom. The number of ether oxygens (including phenoxy) is 1. The molecule has 1 saturated heterocycles. The van der Waals surface area contributed by atoms with Gasteiger partial charge in [-0.05, 0) is 17.5 Å². The molecule has 1 heterocycles. The van der Waals surface area contributed by atoms with Crippen molar-refractivity contribution in [3.63, 3.8) is 0 Å². The minimum absolute atomic E-state index is 0.198. The van der Waals surface area contributed by atoms with E-state index in [2.05, 4.69) is 12.2 Å². The van der Waals surface area contributed by atoms with E-state index in [9.17, 15) is 14.7 Å². The number of rotatable bonds is 5. The second-order valence-electron chi connectivity index (χ2n) is 5.40. The summed E-state index contributed by atoms with van der Waals surface area (Å²) in [6, 6.07) is 7.80. The molecule has 1 aliphatic heterocycles. The number of carbonyl (C=O) groups excluding carboxylic acids is 1. The first-order valence-electron chi connectivity index (χ1n) is 7.26. The summed E-state index contributed by atoms with van der Waals surface area (Å²) in [7, 11) is 0. The maximum Gasteiger partial charge on any atom is 0.329 e. The number of nitrogens with one attached hydrogen (secondary N) is 1. The monoisotopic (exact) mass is 291 g/mol. The van der Waals surface area contributed by atoms with Crippen molar-refractivity contribution >= 4 is 11.9 Å². The van der Waals surface area contributed by atoms with Crippen LogP contribution in [0.25, 0.3) is 0 Å². The molecule has 2 rings (SSSR count). The predicted octanol–water partition coefficient (Wildman–Crippen LogP) is 1.54. The van der Waals surface area contributed by atoms with E-state index in [4.69, 9.17) is 4.74 Å². The first kappa shape index (κ1) is 15.5. The topological polar surface area (TPSA) is 75.6 Å². The van der Waals surface area contributed by atoms with Gasteiger partial charge in [0.05, 0.1) is 6.42 Å². The van der Waals surface area contributed by atoms with E-state index < -0.39 is 11.5 Å². The molecule has 0 aromatic heterocycles. The molecule has 0 radical (unpaired) electrons. The normalized spacial score (nSPS) is 17.2. The molecule has 5 heteroatoms. The highest BCUT2D eigenvalue weighted by Gasteiger charge is 2.41. The van der Waals surface area contributed by atoms with Gasteiger partial charge >= 0.3 is 5.97 Å². The van der Waals surface area contributed by atoms with E-state index in [1.165, 1.54) is 5.56 Å². The van der Waals surface area contributed by atoms with Crippen LogP contribution in [0.15, 0.2) is 24.3 Å². The summed E-state index contributed by atoms with van der Waals surface area (Å²) in [5.74, 6) is -1.24. The maximum absolute atomic E-state index is 12.2. The zero-order valence-corrected chi connectivity index (χ0v) is 12.2. The molecular formula is C16H21NO4. The quantitative estimate of drug-likeness (QED) is 0.863. The molecule has 21 heavy (non-hydrogen) atoms. The van der Waals surface area contributed by atoms with Crippen molar-refractivity contribution in [1.29, 1.82) is 0 Å². The van der Waals surface area contributed by atoms with Gasteiger partial charge in [-0.2, -0.15) is 0 Å². The van der Waals surface area contributed by atoms with Gasteiger partial charge < -0.3 is 15.2 Å². The molecule has 1 aromatic carbocycles. The Kier molecular flexibility index (Phi) is 4.96. The largest absolute Gasteiger partial charge is 0.480 e. The molecule has 1 fully saturated rings. The lowest BCUT2D eigenvalue weighted by atomic mass is 9.89. The van der Waals surface area contributed by atoms with Gasteiger partial charge in [0.25, 0.3) is 0 Å². The summed E-state index contributed by atoms with van der Waals surface area (Å²) in [6.45, 7) is 2.77. The van der Waals surface area contributed by atoms with Crippen LogP contribution in [-0.4, -0.2) is 35.7 Å². The fourth-order valence-corrected chi connectivity index (χ4v) is 2.57. The van der Waals surface area contributed by atoms with E-state index in [0.29, 0.717) is 26.1 Å². The van der Waals surface area contributed by atoms with Crippen molar-refractivity contribution in [2.45, 2.75) is 38.1 Å². The van der Waals surface area contributed by atoms with Crippen LogP contribution in [0.4, 0.5) is 0 Å². The van der Waals surface area contributed by atoms with Gasteiger partial charge in [0.2, 0.25) is 5.91 Å². The summed E-state index contributed by atoms with van der Waals surface area (Å²) < 4.78 is 5.19. The highest BCUT2D eigenvalue weighted by molar-refractivity contribution is 5.88. The van der Waals surface area contributed by atoms with Gasteiger partial charge in [0.15, 0.2) is 0 Å². The Labute approximate surface area is 124 Å². The smallest absolute Gasteiger partial charge is 0.329 e. The van der Waals surface area contributed by atoms with Gasteiger partial charge in [0, 0.05) is 26.1 Å². The van der Waals surface area contributed by atoms with E-state index in [1.807, 2.05) is 24.3 Å². The average molecular weight is 291 g/mol. The number of carboxylic acid groups (broad SMARTS) is 1. The second-order valence-corrected chi connectivity index (χ2v) is 5.40. The Hall–Kier alpha value is -1.88. The Morgan fingerprint density at radius 1 is 1.29 bits per heavy atom. The molecule has 2 N–H and O–H groups in total. The first-order valence-corrected chi connectivity index (χ1v) is 7.26. The molecular weight excluding hydrogens is 270 g/mol. The molecule has 0 aliphatic carbocycles. The second kappa shape index (κ2) is 6.72. The lowest BCUT2D eigenvalue weighted by Gasteiger charge is -2.33. The molecule has 114 valence electrons. The van der Waals surface area contributed by atoms with Crippen LogP contribution in [-0.2, 0) is 27.2 Å². The third kappa shape index (κ3) is 3.82. The van der Waals surface area contributed by atoms with Crippen molar-refractivity contribution in [2.75, 3.05) is 13.2 Å². The molecule has 0 unspecified atom stereocenters. The number of benzene rings is 1. The lowest BCUT2D eigenvalue weighted by molar-refractivity contribution is -0.152. The SMILES string of the molecule is CCc1cccc(CC(=O)NC2(C(=O)O)CCOCC2)c1. The van der Waals surface area contributed by atoms with Crippen molar-refractivity contribution in [1.82, 2.24) is 5.32 Å². The minimum Gasteiger partial charge on any atom is -0.480 e. The number of carboxylic acids is 1. The van der Waals surface area contributed by atoms with Crippen molar-refractivity contribution in [3.8, 4) is 0 Å². The zero-order valence-electron chi connectivity index (χ0n) is 12.2. The van der Waals surface area contributed by atoms with Crippen LogP contribution < -0.4 is 5.32 Å². The van der Waals surface area contributed by atoms with E-state index >= 15 is 0 Å². The number of aliphatic carboxylic acids is 1. The summed E-state index contributed by atoms with van der Waals surface area (Å²) >= 11 is 0. The Balaban J connectivity index is 2.03. The average Bonchev–Trinajstić information content (AvgIpc) is 2.48. The number of aryl methyl sites for hydroxylation is 1. The van der Waals surface area contributed by atoms with Crippen LogP contribution in [0, 0.1) is 0 Å². The molecule has 0 spiro atoms. The summed E-state index contributed by atoms with van der Waals surface area (Å²) in [6.07, 6.45) is 1.72. The van der Waals surface area contributed by atoms with Gasteiger partial charge in [-0.1, -0.05) is 31.2 Å². The van der Waals surface area contributed by atoms with Gasteiger partial charge in [-0.3, -0.25) is 4.79 Å². The lowest BCUT2D eigenvalue weighted by Crippen LogP contribution is -2.57. The summed E-state index contributed by atoms with van der Waals surface area (Å²) in [4.78, 5) is 23.7. The van der Waals surface area contributed by atoms with E-state index in [0.717, 1.165) is 12.0 Å². The molecule has 0 bridgehead atoms. The Bertz CT molecular complexity index is 521. The molecule has 0 saturated carbocycles. The van der Waals surface area contributed by atoms with Gasteiger partial charge in [-0.25, -0.2) is 4.79 Å². The van der Waals surface area contributed by atoms with Gasteiger partial charge in [-0.15, -0.1) is 0 Å². The van der Waals surface area contributed by atoms with Crippen LogP contribution in [0.1, 0.15) is 30.9 Å². The van der Waals surface area contributed by atoms with Crippen molar-refractivity contribution < 1.29 is 19.4 Å². The molecule has 1 amide bonds. The van der Waals surface area contributed by atoms with Gasteiger partial charge in [0.1, 0.15) is 5.54 Å². The minimum atomic E-state index is -1.18. The molecule has 0 atom stereocenters. The number of carbonyl (C=O) groups is 2. The standard InChI is InChI=1S/C16H21NO4/c1-2-12-4-3-5-13(10-12)11-14(18)17-16(15(19)20)6-8-21-9-7-16/h3-5,10H,2,6-9,11H2,1H3,(H,17,18)(H,19,20). The summed E-state index contributed by atoms with van der Waals surface area (Å²) in [5, 5.41) is 12.1. The first-order chi connectivity index (χ1) is 10.1. The number of hydrogen-bond donors (Lipinski definition) is 2. The molecule has 5 nitrogen and oxygen atoms in total. The molecule has 1 aliphatic rings. The van der Waals surface area contributed by atoms with Crippen LogP contribution >= 0.6 is 0 Å². The number of hydrogen-bond acceptors (Lipinski definition) is 3. The highest BCUT2D eigenvalue weighted by Crippen LogP contribution is 2.21. The van der Waals surface area contributed by atoms with Crippen LogP contribution in [0.2, 0.25) is 0 Å². The van der Waals surface area contributed by atoms with Crippen LogP contribution in [0.5, 0.6) is 0 Å². The van der Waals surface area contributed by atoms with E-state index in [-0.39, 0.29) is 12.3 Å². The fourth-order valence-electron chi connectivity index (χ4n) is 2.57. The number of amides is 1.